The number of nitrogens with one attached hydrogen (secondary N) is 2. The lowest BCUT2D eigenvalue weighted by atomic mass is 10.0. The number of carbonyl (C=O) groups is 4. The zero-order valence-electron chi connectivity index (χ0n) is 18.2. The molecule has 1 heterocycles. The van der Waals surface area contributed by atoms with Crippen molar-refractivity contribution in [2.45, 2.75) is 47.6 Å². The number of hydrogen-bond donors (Lipinski definition) is 2. The van der Waals surface area contributed by atoms with Crippen molar-refractivity contribution in [3.05, 3.63) is 57.9 Å². The van der Waals surface area contributed by atoms with Crippen LogP contribution in [0.2, 0.25) is 0 Å². The van der Waals surface area contributed by atoms with Gasteiger partial charge in [0.05, 0.1) is 5.69 Å². The van der Waals surface area contributed by atoms with Gasteiger partial charge < -0.3 is 15.0 Å². The van der Waals surface area contributed by atoms with E-state index in [1.54, 1.807) is 39.8 Å². The summed E-state index contributed by atoms with van der Waals surface area (Å²) in [4.78, 5) is 52.2. The molecule has 0 fully saturated rings. The Hall–Kier alpha value is -3.22. The Morgan fingerprint density at radius 2 is 1.63 bits per heavy atom. The summed E-state index contributed by atoms with van der Waals surface area (Å²) < 4.78 is 5.19. The molecule has 160 valence electrons. The Bertz CT molecular complexity index is 970. The van der Waals surface area contributed by atoms with Crippen LogP contribution in [-0.2, 0) is 9.53 Å². The van der Waals surface area contributed by atoms with Gasteiger partial charge in [-0.2, -0.15) is 0 Å². The number of ether oxygens (including phenoxy) is 1. The second-order valence-electron chi connectivity index (χ2n) is 7.77. The highest BCUT2D eigenvalue weighted by atomic mass is 16.5. The Labute approximate surface area is 176 Å². The predicted octanol–water partition coefficient (Wildman–Crippen LogP) is 3.32. The van der Waals surface area contributed by atoms with Crippen LogP contribution < -0.4 is 5.32 Å². The molecule has 2 aromatic rings. The van der Waals surface area contributed by atoms with Gasteiger partial charge in [0, 0.05) is 16.8 Å². The fourth-order valence-corrected chi connectivity index (χ4v) is 3.28. The normalized spacial score (nSPS) is 11.8. The van der Waals surface area contributed by atoms with E-state index >= 15 is 0 Å². The maximum atomic E-state index is 12.6. The van der Waals surface area contributed by atoms with Gasteiger partial charge in [0.1, 0.15) is 6.04 Å². The van der Waals surface area contributed by atoms with Gasteiger partial charge in [-0.25, -0.2) is 4.79 Å². The highest BCUT2D eigenvalue weighted by Gasteiger charge is 2.28. The first kappa shape index (κ1) is 23.1. The first-order chi connectivity index (χ1) is 14.0. The molecular weight excluding hydrogens is 384 g/mol. The molecule has 0 spiro atoms. The van der Waals surface area contributed by atoms with E-state index in [1.165, 1.54) is 6.92 Å². The number of ketones is 2. The second-order valence-corrected chi connectivity index (χ2v) is 7.77. The first-order valence-electron chi connectivity index (χ1n) is 9.80. The topological polar surface area (TPSA) is 105 Å². The Kier molecular flexibility index (Phi) is 7.32. The fraction of sp³-hybridized carbons (Fsp3) is 0.391. The molecule has 1 amide bonds. The van der Waals surface area contributed by atoms with Crippen LogP contribution in [0.5, 0.6) is 0 Å². The molecule has 0 aliphatic carbocycles. The lowest BCUT2D eigenvalue weighted by Crippen LogP contribution is -2.45. The van der Waals surface area contributed by atoms with Crippen LogP contribution in [0.3, 0.4) is 0 Å². The van der Waals surface area contributed by atoms with Crippen LogP contribution in [0, 0.1) is 26.7 Å². The van der Waals surface area contributed by atoms with Crippen molar-refractivity contribution in [2.75, 3.05) is 6.61 Å². The Morgan fingerprint density at radius 3 is 2.13 bits per heavy atom. The van der Waals surface area contributed by atoms with E-state index in [0.717, 1.165) is 5.56 Å². The summed E-state index contributed by atoms with van der Waals surface area (Å²) in [5.41, 5.74) is 3.30. The standard InChI is InChI=1S/C23H28N2O5/c1-12(2)20(25-22(28)17-9-7-13(3)8-10-17)23(29)30-11-18(27)21-14(4)19(16(6)26)15(5)24-21/h7-10,12,20,24H,11H2,1-6H3,(H,25,28). The number of H-pyrrole nitrogens is 1. The third kappa shape index (κ3) is 5.23. The molecule has 1 atom stereocenters. The molecule has 1 unspecified atom stereocenters. The minimum atomic E-state index is -0.897. The van der Waals surface area contributed by atoms with Crippen molar-refractivity contribution in [3.8, 4) is 0 Å². The minimum Gasteiger partial charge on any atom is -0.456 e. The van der Waals surface area contributed by atoms with Crippen molar-refractivity contribution in [1.82, 2.24) is 10.3 Å². The van der Waals surface area contributed by atoms with Gasteiger partial charge in [-0.1, -0.05) is 31.5 Å². The number of carbonyl (C=O) groups excluding carboxylic acids is 4. The monoisotopic (exact) mass is 412 g/mol. The molecule has 0 aliphatic heterocycles. The summed E-state index contributed by atoms with van der Waals surface area (Å²) in [5, 5.41) is 2.68. The van der Waals surface area contributed by atoms with Gasteiger partial charge >= 0.3 is 5.97 Å². The van der Waals surface area contributed by atoms with E-state index in [2.05, 4.69) is 10.3 Å². The highest BCUT2D eigenvalue weighted by Crippen LogP contribution is 2.19. The number of Topliss-reactive ketones (excluding diaryl/α,β-unsaturated/α-hetero) is 2. The highest BCUT2D eigenvalue weighted by molar-refractivity contribution is 6.04. The van der Waals surface area contributed by atoms with Crippen LogP contribution in [0.1, 0.15) is 68.8 Å². The maximum Gasteiger partial charge on any atom is 0.329 e. The van der Waals surface area contributed by atoms with Crippen molar-refractivity contribution in [3.63, 3.8) is 0 Å². The van der Waals surface area contributed by atoms with Crippen molar-refractivity contribution in [2.24, 2.45) is 5.92 Å². The molecular formula is C23H28N2O5. The number of amides is 1. The molecule has 2 rings (SSSR count). The van der Waals surface area contributed by atoms with Crippen molar-refractivity contribution >= 4 is 23.4 Å². The smallest absolute Gasteiger partial charge is 0.329 e. The molecule has 1 aromatic carbocycles. The van der Waals surface area contributed by atoms with Crippen molar-refractivity contribution < 1.29 is 23.9 Å². The quantitative estimate of drug-likeness (QED) is 0.511. The lowest BCUT2D eigenvalue weighted by molar-refractivity contribution is -0.145. The third-order valence-electron chi connectivity index (χ3n) is 4.93. The van der Waals surface area contributed by atoms with E-state index in [9.17, 15) is 19.2 Å². The van der Waals surface area contributed by atoms with Crippen LogP contribution in [0.15, 0.2) is 24.3 Å². The number of aromatic amines is 1. The van der Waals surface area contributed by atoms with Gasteiger partial charge in [0.2, 0.25) is 5.78 Å². The second kappa shape index (κ2) is 9.52. The molecule has 2 N–H and O–H groups in total. The van der Waals surface area contributed by atoms with E-state index in [-0.39, 0.29) is 23.3 Å². The fourth-order valence-electron chi connectivity index (χ4n) is 3.28. The SMILES string of the molecule is CC(=O)c1c(C)[nH]c(C(=O)COC(=O)C(NC(=O)c2ccc(C)cc2)C(C)C)c1C. The van der Waals surface area contributed by atoms with E-state index in [1.807, 2.05) is 19.1 Å². The molecule has 7 nitrogen and oxygen atoms in total. The zero-order chi connectivity index (χ0) is 22.6. The molecule has 0 radical (unpaired) electrons. The zero-order valence-corrected chi connectivity index (χ0v) is 18.2. The predicted molar refractivity (Wildman–Crippen MR) is 113 cm³/mol. The van der Waals surface area contributed by atoms with Gasteiger partial charge in [-0.05, 0) is 51.3 Å². The third-order valence-corrected chi connectivity index (χ3v) is 4.93. The number of hydrogen-bond acceptors (Lipinski definition) is 5. The molecule has 7 heteroatoms. The molecule has 1 aromatic heterocycles. The summed E-state index contributed by atoms with van der Waals surface area (Å²) >= 11 is 0. The first-order valence-corrected chi connectivity index (χ1v) is 9.80. The van der Waals surface area contributed by atoms with Crippen LogP contribution >= 0.6 is 0 Å². The summed E-state index contributed by atoms with van der Waals surface area (Å²) in [6.45, 7) is 9.80. The lowest BCUT2D eigenvalue weighted by Gasteiger charge is -2.20. The summed E-state index contributed by atoms with van der Waals surface area (Å²) in [7, 11) is 0. The summed E-state index contributed by atoms with van der Waals surface area (Å²) in [6.07, 6.45) is 0. The van der Waals surface area contributed by atoms with E-state index in [4.69, 9.17) is 4.74 Å². The molecule has 0 aliphatic rings. The van der Waals surface area contributed by atoms with E-state index < -0.39 is 24.4 Å². The molecule has 0 saturated carbocycles. The van der Waals surface area contributed by atoms with Gasteiger partial charge in [0.25, 0.3) is 5.91 Å². The van der Waals surface area contributed by atoms with Crippen LogP contribution in [-0.4, -0.2) is 41.1 Å². The Morgan fingerprint density at radius 1 is 1.03 bits per heavy atom. The number of aromatic nitrogens is 1. The number of aryl methyl sites for hydroxylation is 2. The minimum absolute atomic E-state index is 0.143. The number of rotatable bonds is 8. The average molecular weight is 412 g/mol. The maximum absolute atomic E-state index is 12.6. The van der Waals surface area contributed by atoms with Gasteiger partial charge in [-0.15, -0.1) is 0 Å². The summed E-state index contributed by atoms with van der Waals surface area (Å²) in [6, 6.07) is 6.09. The van der Waals surface area contributed by atoms with Crippen LogP contribution in [0.4, 0.5) is 0 Å². The van der Waals surface area contributed by atoms with Gasteiger partial charge in [0.15, 0.2) is 12.4 Å². The molecule has 0 saturated heterocycles. The Balaban J connectivity index is 2.06. The number of esters is 1. The van der Waals surface area contributed by atoms with Crippen molar-refractivity contribution in [1.29, 1.82) is 0 Å². The molecule has 0 bridgehead atoms. The summed E-state index contributed by atoms with van der Waals surface area (Å²) in [5.74, 6) is -1.90. The van der Waals surface area contributed by atoms with E-state index in [0.29, 0.717) is 22.4 Å². The average Bonchev–Trinajstić information content (AvgIpc) is 2.98. The number of benzene rings is 1. The molecule has 30 heavy (non-hydrogen) atoms. The van der Waals surface area contributed by atoms with Crippen LogP contribution in [0.25, 0.3) is 0 Å². The van der Waals surface area contributed by atoms with Gasteiger partial charge in [-0.3, -0.25) is 14.4 Å². The largest absolute Gasteiger partial charge is 0.456 e.